The molecule has 3 nitrogen and oxygen atoms in total. The van der Waals surface area contributed by atoms with Crippen molar-refractivity contribution >= 4 is 33.2 Å². The number of nitrogen functional groups attached to an aromatic ring is 1. The number of hydrogen-bond donors (Lipinski definition) is 1. The maximum Gasteiger partial charge on any atom is 0.258 e. The molecule has 110 valence electrons. The van der Waals surface area contributed by atoms with E-state index in [0.717, 1.165) is 6.42 Å². The summed E-state index contributed by atoms with van der Waals surface area (Å²) >= 11 is 3.08. The van der Waals surface area contributed by atoms with Crippen LogP contribution in [0.2, 0.25) is 0 Å². The van der Waals surface area contributed by atoms with Crippen molar-refractivity contribution in [1.82, 2.24) is 0 Å². The first-order valence-electron chi connectivity index (χ1n) is 6.66. The molecule has 0 spiro atoms. The molecule has 0 aliphatic carbocycles. The molecule has 2 rings (SSSR count). The van der Waals surface area contributed by atoms with Crippen molar-refractivity contribution in [1.29, 1.82) is 0 Å². The van der Waals surface area contributed by atoms with Crippen molar-refractivity contribution in [2.75, 3.05) is 17.2 Å². The van der Waals surface area contributed by atoms with Crippen LogP contribution in [0.3, 0.4) is 0 Å². The zero-order chi connectivity index (χ0) is 15.4. The first-order valence-corrected chi connectivity index (χ1v) is 7.45. The summed E-state index contributed by atoms with van der Waals surface area (Å²) in [6.07, 6.45) is 0.777. The minimum Gasteiger partial charge on any atom is -0.397 e. The second kappa shape index (κ2) is 6.72. The summed E-state index contributed by atoms with van der Waals surface area (Å²) < 4.78 is 14.0. The predicted molar refractivity (Wildman–Crippen MR) is 86.9 cm³/mol. The molecule has 2 aromatic carbocycles. The minimum atomic E-state index is -0.460. The van der Waals surface area contributed by atoms with Gasteiger partial charge in [0.25, 0.3) is 5.91 Å². The van der Waals surface area contributed by atoms with Gasteiger partial charge in [-0.25, -0.2) is 4.39 Å². The number of para-hydroxylation sites is 2. The fraction of sp³-hybridized carbons (Fsp3) is 0.188. The van der Waals surface area contributed by atoms with Crippen LogP contribution in [0, 0.1) is 5.82 Å². The second-order valence-electron chi connectivity index (χ2n) is 4.64. The fourth-order valence-corrected chi connectivity index (χ4v) is 2.32. The SMILES string of the molecule is CCCN(C(=O)c1ccc(Br)c(F)c1)c1ccccc1N. The van der Waals surface area contributed by atoms with Gasteiger partial charge in [0.15, 0.2) is 0 Å². The van der Waals surface area contributed by atoms with Crippen molar-refractivity contribution in [2.45, 2.75) is 13.3 Å². The molecule has 0 saturated heterocycles. The zero-order valence-corrected chi connectivity index (χ0v) is 13.2. The number of amides is 1. The number of carbonyl (C=O) groups excluding carboxylic acids is 1. The Morgan fingerprint density at radius 2 is 2.00 bits per heavy atom. The Labute approximate surface area is 131 Å². The molecule has 0 aliphatic heterocycles. The highest BCUT2D eigenvalue weighted by Gasteiger charge is 2.19. The molecule has 0 unspecified atom stereocenters. The summed E-state index contributed by atoms with van der Waals surface area (Å²) in [5.74, 6) is -0.723. The smallest absolute Gasteiger partial charge is 0.258 e. The highest BCUT2D eigenvalue weighted by molar-refractivity contribution is 9.10. The number of halogens is 2. The standard InChI is InChI=1S/C16H16BrFN2O/c1-2-9-20(15-6-4-3-5-14(15)19)16(21)11-7-8-12(17)13(18)10-11/h3-8,10H,2,9,19H2,1H3. The third-order valence-electron chi connectivity index (χ3n) is 3.09. The summed E-state index contributed by atoms with van der Waals surface area (Å²) in [6, 6.07) is 11.5. The predicted octanol–water partition coefficient (Wildman–Crippen LogP) is 4.23. The van der Waals surface area contributed by atoms with Gasteiger partial charge >= 0.3 is 0 Å². The maximum atomic E-state index is 13.6. The lowest BCUT2D eigenvalue weighted by Gasteiger charge is -2.24. The monoisotopic (exact) mass is 350 g/mol. The van der Waals surface area contributed by atoms with E-state index >= 15 is 0 Å². The van der Waals surface area contributed by atoms with Crippen molar-refractivity contribution in [3.8, 4) is 0 Å². The lowest BCUT2D eigenvalue weighted by molar-refractivity contribution is 0.0986. The Bertz CT molecular complexity index is 660. The number of benzene rings is 2. The van der Waals surface area contributed by atoms with Crippen LogP contribution in [-0.2, 0) is 0 Å². The number of nitrogens with two attached hydrogens (primary N) is 1. The molecule has 5 heteroatoms. The number of anilines is 2. The third-order valence-corrected chi connectivity index (χ3v) is 3.73. The fourth-order valence-electron chi connectivity index (χ4n) is 2.07. The Balaban J connectivity index is 2.40. The highest BCUT2D eigenvalue weighted by atomic mass is 79.9. The van der Waals surface area contributed by atoms with E-state index in [9.17, 15) is 9.18 Å². The van der Waals surface area contributed by atoms with Gasteiger partial charge in [-0.2, -0.15) is 0 Å². The molecule has 1 amide bonds. The lowest BCUT2D eigenvalue weighted by Crippen LogP contribution is -2.32. The zero-order valence-electron chi connectivity index (χ0n) is 11.6. The molecule has 0 aliphatic rings. The summed E-state index contributed by atoms with van der Waals surface area (Å²) in [7, 11) is 0. The van der Waals surface area contributed by atoms with Crippen LogP contribution in [0.5, 0.6) is 0 Å². The third kappa shape index (κ3) is 3.42. The molecule has 0 radical (unpaired) electrons. The van der Waals surface area contributed by atoms with E-state index in [4.69, 9.17) is 5.73 Å². The van der Waals surface area contributed by atoms with E-state index in [1.807, 2.05) is 19.1 Å². The summed E-state index contributed by atoms with van der Waals surface area (Å²) in [5.41, 5.74) is 7.42. The molecule has 0 atom stereocenters. The van der Waals surface area contributed by atoms with E-state index in [1.165, 1.54) is 12.1 Å². The number of carbonyl (C=O) groups is 1. The van der Waals surface area contributed by atoms with E-state index in [2.05, 4.69) is 15.9 Å². The van der Waals surface area contributed by atoms with Crippen LogP contribution in [0.4, 0.5) is 15.8 Å². The van der Waals surface area contributed by atoms with E-state index < -0.39 is 5.82 Å². The van der Waals surface area contributed by atoms with E-state index in [1.54, 1.807) is 23.1 Å². The molecule has 2 N–H and O–H groups in total. The van der Waals surface area contributed by atoms with Gasteiger partial charge in [0.2, 0.25) is 0 Å². The normalized spacial score (nSPS) is 10.4. The first kappa shape index (κ1) is 15.5. The summed E-state index contributed by atoms with van der Waals surface area (Å²) in [6.45, 7) is 2.49. The number of nitrogens with zero attached hydrogens (tertiary/aromatic N) is 1. The van der Waals surface area contributed by atoms with Crippen LogP contribution in [-0.4, -0.2) is 12.5 Å². The Morgan fingerprint density at radius 3 is 2.62 bits per heavy atom. The average molecular weight is 351 g/mol. The second-order valence-corrected chi connectivity index (χ2v) is 5.50. The molecular weight excluding hydrogens is 335 g/mol. The Kier molecular flexibility index (Phi) is 4.96. The quantitative estimate of drug-likeness (QED) is 0.838. The Hall–Kier alpha value is -1.88. The van der Waals surface area contributed by atoms with Gasteiger partial charge < -0.3 is 10.6 Å². The largest absolute Gasteiger partial charge is 0.397 e. The van der Waals surface area contributed by atoms with E-state index in [-0.39, 0.29) is 5.91 Å². The van der Waals surface area contributed by atoms with Gasteiger partial charge in [-0.05, 0) is 52.7 Å². The van der Waals surface area contributed by atoms with Gasteiger partial charge in [-0.15, -0.1) is 0 Å². The minimum absolute atomic E-state index is 0.263. The van der Waals surface area contributed by atoms with Gasteiger partial charge in [0.1, 0.15) is 5.82 Å². The van der Waals surface area contributed by atoms with Gasteiger partial charge in [-0.1, -0.05) is 19.1 Å². The van der Waals surface area contributed by atoms with Crippen LogP contribution < -0.4 is 10.6 Å². The number of rotatable bonds is 4. The molecule has 0 fully saturated rings. The van der Waals surface area contributed by atoms with Crippen molar-refractivity contribution in [3.05, 3.63) is 58.3 Å². The summed E-state index contributed by atoms with van der Waals surface area (Å²) in [5, 5.41) is 0. The maximum absolute atomic E-state index is 13.6. The van der Waals surface area contributed by atoms with Crippen LogP contribution in [0.1, 0.15) is 23.7 Å². The number of hydrogen-bond acceptors (Lipinski definition) is 2. The van der Waals surface area contributed by atoms with Gasteiger partial charge in [0.05, 0.1) is 15.8 Å². The van der Waals surface area contributed by atoms with Crippen molar-refractivity contribution in [2.24, 2.45) is 0 Å². The van der Waals surface area contributed by atoms with Crippen LogP contribution in [0.25, 0.3) is 0 Å². The topological polar surface area (TPSA) is 46.3 Å². The molecule has 0 saturated carbocycles. The van der Waals surface area contributed by atoms with Crippen LogP contribution in [0.15, 0.2) is 46.9 Å². The molecule has 0 heterocycles. The van der Waals surface area contributed by atoms with E-state index in [0.29, 0.717) is 28.0 Å². The average Bonchev–Trinajstić information content (AvgIpc) is 2.48. The molecular formula is C16H16BrFN2O. The molecule has 0 aromatic heterocycles. The Morgan fingerprint density at radius 1 is 1.29 bits per heavy atom. The van der Waals surface area contributed by atoms with Crippen LogP contribution >= 0.6 is 15.9 Å². The molecule has 2 aromatic rings. The molecule has 0 bridgehead atoms. The highest BCUT2D eigenvalue weighted by Crippen LogP contribution is 2.25. The van der Waals surface area contributed by atoms with Gasteiger partial charge in [-0.3, -0.25) is 4.79 Å². The lowest BCUT2D eigenvalue weighted by atomic mass is 10.1. The first-order chi connectivity index (χ1) is 10.0. The summed E-state index contributed by atoms with van der Waals surface area (Å²) in [4.78, 5) is 14.2. The van der Waals surface area contributed by atoms with Gasteiger partial charge in [0, 0.05) is 12.1 Å². The van der Waals surface area contributed by atoms with Crippen molar-refractivity contribution < 1.29 is 9.18 Å². The van der Waals surface area contributed by atoms with Crippen molar-refractivity contribution in [3.63, 3.8) is 0 Å². The molecule has 21 heavy (non-hydrogen) atoms.